The van der Waals surface area contributed by atoms with Crippen molar-refractivity contribution in [2.75, 3.05) is 14.2 Å². The molecule has 0 radical (unpaired) electrons. The second-order valence-electron chi connectivity index (χ2n) is 5.34. The Balaban J connectivity index is 2.45. The minimum atomic E-state index is -3.88. The summed E-state index contributed by atoms with van der Waals surface area (Å²) in [6.45, 7) is 1.67. The predicted molar refractivity (Wildman–Crippen MR) is 97.2 cm³/mol. The third-order valence-corrected chi connectivity index (χ3v) is 6.33. The summed E-state index contributed by atoms with van der Waals surface area (Å²) in [7, 11) is -1.05. The summed E-state index contributed by atoms with van der Waals surface area (Å²) in [5.74, 6) is 0.223. The molecule has 0 N–H and O–H groups in total. The van der Waals surface area contributed by atoms with Gasteiger partial charge in [0.1, 0.15) is 10.6 Å². The largest absolute Gasteiger partial charge is 0.495 e. The first-order chi connectivity index (χ1) is 11.7. The highest BCUT2D eigenvalue weighted by Gasteiger charge is 2.30. The van der Waals surface area contributed by atoms with E-state index in [0.29, 0.717) is 10.0 Å². The number of non-ortho nitro benzene ring substituents is 1. The highest BCUT2D eigenvalue weighted by molar-refractivity contribution is 9.10. The molecule has 1 unspecified atom stereocenters. The topological polar surface area (TPSA) is 89.8 Å². The van der Waals surface area contributed by atoms with E-state index in [9.17, 15) is 18.5 Å². The number of methoxy groups -OCH3 is 1. The molecule has 0 heterocycles. The molecular formula is C16H17BrN2O5S. The number of hydrogen-bond acceptors (Lipinski definition) is 5. The van der Waals surface area contributed by atoms with Crippen LogP contribution in [0.1, 0.15) is 18.5 Å². The van der Waals surface area contributed by atoms with Crippen molar-refractivity contribution in [3.8, 4) is 5.75 Å². The number of nitro benzene ring substituents is 1. The number of hydrogen-bond donors (Lipinski definition) is 0. The van der Waals surface area contributed by atoms with Gasteiger partial charge in [-0.3, -0.25) is 10.1 Å². The SMILES string of the molecule is COc1ccc(Br)cc1S(=O)(=O)N(C)C(C)c1cccc([N+](=O)[O-])c1. The lowest BCUT2D eigenvalue weighted by molar-refractivity contribution is -0.384. The normalized spacial score (nSPS) is 12.8. The Morgan fingerprint density at radius 3 is 2.52 bits per heavy atom. The number of rotatable bonds is 6. The fraction of sp³-hybridized carbons (Fsp3) is 0.250. The van der Waals surface area contributed by atoms with E-state index in [-0.39, 0.29) is 16.3 Å². The standard InChI is InChI=1S/C16H17BrN2O5S/c1-11(12-5-4-6-14(9-12)19(20)21)18(2)25(22,23)16-10-13(17)7-8-15(16)24-3/h4-11H,1-3H3. The quantitative estimate of drug-likeness (QED) is 0.516. The van der Waals surface area contributed by atoms with E-state index in [1.54, 1.807) is 25.1 Å². The lowest BCUT2D eigenvalue weighted by atomic mass is 10.1. The van der Waals surface area contributed by atoms with Crippen molar-refractivity contribution in [1.82, 2.24) is 4.31 Å². The first-order valence-corrected chi connectivity index (χ1v) is 9.47. The fourth-order valence-corrected chi connectivity index (χ4v) is 4.37. The van der Waals surface area contributed by atoms with Crippen molar-refractivity contribution in [2.24, 2.45) is 0 Å². The zero-order valence-corrected chi connectivity index (χ0v) is 16.2. The van der Waals surface area contributed by atoms with E-state index in [4.69, 9.17) is 4.74 Å². The maximum absolute atomic E-state index is 13.0. The molecule has 0 aliphatic rings. The van der Waals surface area contributed by atoms with Gasteiger partial charge in [-0.25, -0.2) is 8.42 Å². The Labute approximate surface area is 154 Å². The molecule has 0 aromatic heterocycles. The van der Waals surface area contributed by atoms with Crippen LogP contribution >= 0.6 is 15.9 Å². The van der Waals surface area contributed by atoms with Gasteiger partial charge in [-0.05, 0) is 30.7 Å². The van der Waals surface area contributed by atoms with Crippen LogP contribution in [0.5, 0.6) is 5.75 Å². The Hall–Kier alpha value is -1.97. The van der Waals surface area contributed by atoms with Gasteiger partial charge in [0.2, 0.25) is 10.0 Å². The van der Waals surface area contributed by atoms with E-state index >= 15 is 0 Å². The molecule has 0 fully saturated rings. The molecule has 0 saturated carbocycles. The van der Waals surface area contributed by atoms with Crippen molar-refractivity contribution in [1.29, 1.82) is 0 Å². The van der Waals surface area contributed by atoms with Crippen LogP contribution in [-0.4, -0.2) is 31.8 Å². The third kappa shape index (κ3) is 4.00. The number of halogens is 1. The smallest absolute Gasteiger partial charge is 0.269 e. The van der Waals surface area contributed by atoms with Gasteiger partial charge in [0, 0.05) is 29.7 Å². The molecule has 9 heteroatoms. The average Bonchev–Trinajstić information content (AvgIpc) is 2.60. The van der Waals surface area contributed by atoms with E-state index in [0.717, 1.165) is 4.31 Å². The van der Waals surface area contributed by atoms with Crippen LogP contribution in [0.25, 0.3) is 0 Å². The van der Waals surface area contributed by atoms with Crippen LogP contribution in [0.2, 0.25) is 0 Å². The van der Waals surface area contributed by atoms with Crippen molar-refractivity contribution >= 4 is 31.6 Å². The molecule has 0 bridgehead atoms. The average molecular weight is 429 g/mol. The van der Waals surface area contributed by atoms with Gasteiger partial charge in [0.25, 0.3) is 5.69 Å². The second kappa shape index (κ2) is 7.51. The molecule has 2 rings (SSSR count). The molecular weight excluding hydrogens is 412 g/mol. The van der Waals surface area contributed by atoms with Gasteiger partial charge in [0.05, 0.1) is 12.0 Å². The van der Waals surface area contributed by atoms with E-state index in [1.807, 2.05) is 0 Å². The van der Waals surface area contributed by atoms with E-state index in [1.165, 1.54) is 38.4 Å². The van der Waals surface area contributed by atoms with Gasteiger partial charge in [-0.2, -0.15) is 4.31 Å². The maximum Gasteiger partial charge on any atom is 0.269 e. The summed E-state index contributed by atoms with van der Waals surface area (Å²) in [5, 5.41) is 10.9. The Bertz CT molecular complexity index is 901. The lowest BCUT2D eigenvalue weighted by Gasteiger charge is -2.25. The van der Waals surface area contributed by atoms with Gasteiger partial charge < -0.3 is 4.74 Å². The molecule has 25 heavy (non-hydrogen) atoms. The Kier molecular flexibility index (Phi) is 5.81. The fourth-order valence-electron chi connectivity index (χ4n) is 2.32. The molecule has 0 amide bonds. The van der Waals surface area contributed by atoms with Crippen LogP contribution in [0.3, 0.4) is 0 Å². The molecule has 7 nitrogen and oxygen atoms in total. The van der Waals surface area contributed by atoms with Crippen molar-refractivity contribution in [2.45, 2.75) is 17.9 Å². The third-order valence-electron chi connectivity index (χ3n) is 3.89. The van der Waals surface area contributed by atoms with Crippen molar-refractivity contribution in [3.63, 3.8) is 0 Å². The molecule has 0 aliphatic heterocycles. The van der Waals surface area contributed by atoms with E-state index in [2.05, 4.69) is 15.9 Å². The zero-order chi connectivity index (χ0) is 18.8. The van der Waals surface area contributed by atoms with Gasteiger partial charge >= 0.3 is 0 Å². The van der Waals surface area contributed by atoms with Crippen LogP contribution in [0.15, 0.2) is 51.8 Å². The highest BCUT2D eigenvalue weighted by atomic mass is 79.9. The molecule has 0 saturated heterocycles. The Morgan fingerprint density at radius 1 is 1.24 bits per heavy atom. The Morgan fingerprint density at radius 2 is 1.92 bits per heavy atom. The van der Waals surface area contributed by atoms with Crippen LogP contribution < -0.4 is 4.74 Å². The zero-order valence-electron chi connectivity index (χ0n) is 13.8. The monoisotopic (exact) mass is 428 g/mol. The van der Waals surface area contributed by atoms with Crippen molar-refractivity contribution in [3.05, 3.63) is 62.6 Å². The van der Waals surface area contributed by atoms with Crippen molar-refractivity contribution < 1.29 is 18.1 Å². The number of ether oxygens (including phenoxy) is 1. The molecule has 2 aromatic carbocycles. The molecule has 134 valence electrons. The van der Waals surface area contributed by atoms with E-state index < -0.39 is 21.0 Å². The van der Waals surface area contributed by atoms with Crippen LogP contribution in [-0.2, 0) is 10.0 Å². The molecule has 1 atom stereocenters. The summed E-state index contributed by atoms with van der Waals surface area (Å²) in [6.07, 6.45) is 0. The highest BCUT2D eigenvalue weighted by Crippen LogP contribution is 2.33. The maximum atomic E-state index is 13.0. The number of nitro groups is 1. The minimum absolute atomic E-state index is 0.0177. The summed E-state index contributed by atoms with van der Waals surface area (Å²) >= 11 is 3.26. The number of benzene rings is 2. The minimum Gasteiger partial charge on any atom is -0.495 e. The van der Waals surface area contributed by atoms with Crippen LogP contribution in [0.4, 0.5) is 5.69 Å². The van der Waals surface area contributed by atoms with Gasteiger partial charge in [-0.15, -0.1) is 0 Å². The molecule has 0 spiro atoms. The summed E-state index contributed by atoms with van der Waals surface area (Å²) in [6, 6.07) is 10.0. The molecule has 0 aliphatic carbocycles. The summed E-state index contributed by atoms with van der Waals surface area (Å²) in [5.41, 5.74) is 0.435. The number of sulfonamides is 1. The summed E-state index contributed by atoms with van der Waals surface area (Å²) < 4.78 is 32.9. The second-order valence-corrected chi connectivity index (χ2v) is 8.23. The van der Waals surface area contributed by atoms with Gasteiger partial charge in [0.15, 0.2) is 0 Å². The van der Waals surface area contributed by atoms with Gasteiger partial charge in [-0.1, -0.05) is 28.1 Å². The summed E-state index contributed by atoms with van der Waals surface area (Å²) in [4.78, 5) is 10.4. The first-order valence-electron chi connectivity index (χ1n) is 7.24. The first kappa shape index (κ1) is 19.4. The van der Waals surface area contributed by atoms with Crippen LogP contribution in [0, 0.1) is 10.1 Å². The predicted octanol–water partition coefficient (Wildman–Crippen LogP) is 3.75. The molecule has 2 aromatic rings. The lowest BCUT2D eigenvalue weighted by Crippen LogP contribution is -2.30. The number of nitrogens with zero attached hydrogens (tertiary/aromatic N) is 2.